The van der Waals surface area contributed by atoms with E-state index in [9.17, 15) is 4.39 Å². The number of benzene rings is 2. The number of hydrogen-bond acceptors (Lipinski definition) is 6. The molecule has 1 fully saturated rings. The lowest BCUT2D eigenvalue weighted by Crippen LogP contribution is -2.23. The summed E-state index contributed by atoms with van der Waals surface area (Å²) in [7, 11) is 0. The third-order valence-corrected chi connectivity index (χ3v) is 7.11. The second-order valence-electron chi connectivity index (χ2n) is 8.99. The van der Waals surface area contributed by atoms with E-state index in [4.69, 9.17) is 14.5 Å². The highest BCUT2D eigenvalue weighted by atomic mass is 32.2. The van der Waals surface area contributed by atoms with Gasteiger partial charge < -0.3 is 19.8 Å². The number of thioether (sulfide) groups is 1. The Hall–Kier alpha value is -3.20. The predicted octanol–water partition coefficient (Wildman–Crippen LogP) is 7.09. The maximum absolute atomic E-state index is 13.6. The van der Waals surface area contributed by atoms with Gasteiger partial charge in [0.15, 0.2) is 11.4 Å². The molecule has 2 aromatic heterocycles. The van der Waals surface area contributed by atoms with Crippen molar-refractivity contribution < 1.29 is 13.9 Å². The monoisotopic (exact) mass is 518 g/mol. The summed E-state index contributed by atoms with van der Waals surface area (Å²) in [6.07, 6.45) is 4.88. The quantitative estimate of drug-likeness (QED) is 0.173. The van der Waals surface area contributed by atoms with Crippen LogP contribution in [0.1, 0.15) is 37.8 Å². The number of H-pyrrole nitrogens is 1. The number of ether oxygens (including phenoxy) is 2. The molecule has 2 aromatic carbocycles. The number of hydrogen-bond donors (Lipinski definition) is 2. The smallest absolute Gasteiger partial charge is 0.166 e. The fourth-order valence-corrected chi connectivity index (χ4v) is 5.02. The summed E-state index contributed by atoms with van der Waals surface area (Å²) in [6.45, 7) is 3.46. The average Bonchev–Trinajstić information content (AvgIpc) is 3.37. The largest absolute Gasteiger partial charge is 0.364 e. The number of nitrogens with zero attached hydrogens (tertiary/aromatic N) is 2. The van der Waals surface area contributed by atoms with Gasteiger partial charge in [0.2, 0.25) is 0 Å². The van der Waals surface area contributed by atoms with Crippen LogP contribution in [0.3, 0.4) is 0 Å². The lowest BCUT2D eigenvalue weighted by molar-refractivity contribution is -0.158. The minimum Gasteiger partial charge on any atom is -0.364 e. The second kappa shape index (κ2) is 12.4. The molecule has 5 rings (SSSR count). The van der Waals surface area contributed by atoms with Crippen LogP contribution in [0, 0.1) is 5.82 Å². The third-order valence-electron chi connectivity index (χ3n) is 6.28. The number of pyridine rings is 1. The summed E-state index contributed by atoms with van der Waals surface area (Å²) in [5.41, 5.74) is 4.61. The first-order valence-electron chi connectivity index (χ1n) is 12.7. The van der Waals surface area contributed by atoms with E-state index in [0.717, 1.165) is 65.1 Å². The van der Waals surface area contributed by atoms with Crippen LogP contribution in [-0.4, -0.2) is 40.2 Å². The van der Waals surface area contributed by atoms with E-state index < -0.39 is 0 Å². The van der Waals surface area contributed by atoms with Crippen molar-refractivity contribution >= 4 is 17.6 Å². The number of nitrogens with one attached hydrogen (secondary N) is 2. The van der Waals surface area contributed by atoms with Crippen molar-refractivity contribution in [2.24, 2.45) is 0 Å². The Morgan fingerprint density at radius 3 is 2.73 bits per heavy atom. The number of aromatic nitrogens is 3. The molecule has 1 aliphatic heterocycles. The van der Waals surface area contributed by atoms with Crippen LogP contribution in [0.4, 0.5) is 10.2 Å². The van der Waals surface area contributed by atoms with Crippen LogP contribution in [0.25, 0.3) is 22.5 Å². The topological polar surface area (TPSA) is 72.1 Å². The lowest BCUT2D eigenvalue weighted by atomic mass is 10.1. The summed E-state index contributed by atoms with van der Waals surface area (Å²) < 4.78 is 25.2. The summed E-state index contributed by atoms with van der Waals surface area (Å²) in [4.78, 5) is 12.9. The van der Waals surface area contributed by atoms with Crippen LogP contribution in [0.15, 0.2) is 78.1 Å². The van der Waals surface area contributed by atoms with Crippen molar-refractivity contribution in [2.75, 3.05) is 24.3 Å². The van der Waals surface area contributed by atoms with Gasteiger partial charge in [-0.15, -0.1) is 0 Å². The highest BCUT2D eigenvalue weighted by Crippen LogP contribution is 2.34. The van der Waals surface area contributed by atoms with E-state index in [1.165, 1.54) is 17.7 Å². The molecule has 192 valence electrons. The molecule has 2 N–H and O–H groups in total. The van der Waals surface area contributed by atoms with Gasteiger partial charge >= 0.3 is 0 Å². The van der Waals surface area contributed by atoms with Crippen molar-refractivity contribution in [3.8, 4) is 22.5 Å². The van der Waals surface area contributed by atoms with Gasteiger partial charge in [-0.25, -0.2) is 14.4 Å². The predicted molar refractivity (Wildman–Crippen MR) is 146 cm³/mol. The summed E-state index contributed by atoms with van der Waals surface area (Å²) in [5.74, 6) is 1.23. The molecule has 0 radical (unpaired) electrons. The molecular formula is C29H31FN4O2S. The van der Waals surface area contributed by atoms with Gasteiger partial charge in [0.1, 0.15) is 11.6 Å². The van der Waals surface area contributed by atoms with E-state index in [0.29, 0.717) is 6.61 Å². The summed E-state index contributed by atoms with van der Waals surface area (Å²) in [6, 6.07) is 20.8. The second-order valence-corrected chi connectivity index (χ2v) is 10.1. The Morgan fingerprint density at radius 1 is 1.11 bits per heavy atom. The molecule has 0 saturated carbocycles. The Bertz CT molecular complexity index is 1280. The molecule has 0 amide bonds. The van der Waals surface area contributed by atoms with E-state index in [-0.39, 0.29) is 18.1 Å². The van der Waals surface area contributed by atoms with Gasteiger partial charge in [-0.3, -0.25) is 0 Å². The van der Waals surface area contributed by atoms with E-state index >= 15 is 0 Å². The zero-order chi connectivity index (χ0) is 25.5. The molecule has 4 aromatic rings. The van der Waals surface area contributed by atoms with Gasteiger partial charge in [-0.2, -0.15) is 0 Å². The van der Waals surface area contributed by atoms with Crippen molar-refractivity contribution in [1.29, 1.82) is 0 Å². The molecule has 1 saturated heterocycles. The lowest BCUT2D eigenvalue weighted by Gasteiger charge is -2.22. The molecule has 0 bridgehead atoms. The molecule has 2 unspecified atom stereocenters. The van der Waals surface area contributed by atoms with Crippen molar-refractivity contribution in [1.82, 2.24) is 15.0 Å². The van der Waals surface area contributed by atoms with Gasteiger partial charge in [0.05, 0.1) is 18.0 Å². The standard InChI is InChI=1S/C29H31FN4O2S/c1-20(21-7-3-2-4-8-21)32-25-19-23(14-15-31-25)28-27(22-10-12-24(30)13-11-22)33-29(34-28)37-18-17-36-26-9-5-6-16-35-26/h2-4,7-8,10-15,19-20,26H,5-6,9,16-18H2,1H3,(H,31,32)(H,33,34). The van der Waals surface area contributed by atoms with Crippen LogP contribution >= 0.6 is 11.8 Å². The Balaban J connectivity index is 1.34. The minimum absolute atomic E-state index is 0.0963. The molecule has 37 heavy (non-hydrogen) atoms. The maximum atomic E-state index is 13.6. The highest BCUT2D eigenvalue weighted by Gasteiger charge is 2.17. The maximum Gasteiger partial charge on any atom is 0.166 e. The Labute approximate surface area is 221 Å². The van der Waals surface area contributed by atoms with Crippen molar-refractivity contribution in [3.63, 3.8) is 0 Å². The first-order chi connectivity index (χ1) is 18.2. The summed E-state index contributed by atoms with van der Waals surface area (Å²) in [5, 5.41) is 4.27. The molecule has 8 heteroatoms. The molecule has 3 heterocycles. The average molecular weight is 519 g/mol. The first-order valence-corrected chi connectivity index (χ1v) is 13.6. The van der Waals surface area contributed by atoms with Gasteiger partial charge in [0, 0.05) is 35.7 Å². The molecule has 1 aliphatic rings. The van der Waals surface area contributed by atoms with E-state index in [1.807, 2.05) is 30.3 Å². The molecule has 0 aliphatic carbocycles. The van der Waals surface area contributed by atoms with Crippen LogP contribution < -0.4 is 5.32 Å². The Kier molecular flexibility index (Phi) is 8.50. The SMILES string of the molecule is CC(Nc1cc(-c2nc(SCCOC3CCCCO3)[nH]c2-c2ccc(F)cc2)ccn1)c1ccccc1. The normalized spacial score (nSPS) is 16.4. The summed E-state index contributed by atoms with van der Waals surface area (Å²) >= 11 is 1.60. The van der Waals surface area contributed by atoms with Crippen LogP contribution in [0.5, 0.6) is 0 Å². The molecule has 0 spiro atoms. The highest BCUT2D eigenvalue weighted by molar-refractivity contribution is 7.99. The zero-order valence-corrected chi connectivity index (χ0v) is 21.6. The zero-order valence-electron chi connectivity index (χ0n) is 20.8. The van der Waals surface area contributed by atoms with E-state index in [2.05, 4.69) is 34.3 Å². The minimum atomic E-state index is -0.271. The first kappa shape index (κ1) is 25.4. The molecule has 6 nitrogen and oxygen atoms in total. The van der Waals surface area contributed by atoms with E-state index in [1.54, 1.807) is 30.1 Å². The number of aromatic amines is 1. The van der Waals surface area contributed by atoms with Gasteiger partial charge in [-0.1, -0.05) is 42.1 Å². The van der Waals surface area contributed by atoms with Crippen molar-refractivity contribution in [3.05, 3.63) is 84.3 Å². The van der Waals surface area contributed by atoms with Gasteiger partial charge in [-0.05, 0) is 68.1 Å². The third kappa shape index (κ3) is 6.77. The fourth-order valence-electron chi connectivity index (χ4n) is 4.32. The Morgan fingerprint density at radius 2 is 1.95 bits per heavy atom. The van der Waals surface area contributed by atoms with Crippen LogP contribution in [0.2, 0.25) is 0 Å². The number of halogens is 1. The fraction of sp³-hybridized carbons (Fsp3) is 0.310. The van der Waals surface area contributed by atoms with Gasteiger partial charge in [0.25, 0.3) is 0 Å². The molecular weight excluding hydrogens is 487 g/mol. The number of anilines is 1. The number of imidazole rings is 1. The van der Waals surface area contributed by atoms with Crippen LogP contribution in [-0.2, 0) is 9.47 Å². The van der Waals surface area contributed by atoms with Crippen molar-refractivity contribution in [2.45, 2.75) is 43.7 Å². The number of rotatable bonds is 10. The molecule has 2 atom stereocenters.